The van der Waals surface area contributed by atoms with Crippen LogP contribution in [0.2, 0.25) is 0 Å². The van der Waals surface area contributed by atoms with Crippen molar-refractivity contribution >= 4 is 0 Å². The van der Waals surface area contributed by atoms with Gasteiger partial charge in [-0.1, -0.05) is 18.2 Å². The van der Waals surface area contributed by atoms with Crippen molar-refractivity contribution in [3.05, 3.63) is 29.8 Å². The molecule has 1 heterocycles. The van der Waals surface area contributed by atoms with Crippen LogP contribution in [0.25, 0.3) is 0 Å². The predicted molar refractivity (Wildman–Crippen MR) is 58.8 cm³/mol. The van der Waals surface area contributed by atoms with Gasteiger partial charge >= 0.3 is 0 Å². The second kappa shape index (κ2) is 5.14. The summed E-state index contributed by atoms with van der Waals surface area (Å²) < 4.78 is 5.56. The second-order valence-corrected chi connectivity index (χ2v) is 3.94. The monoisotopic (exact) mass is 207 g/mol. The van der Waals surface area contributed by atoms with E-state index in [4.69, 9.17) is 4.74 Å². The molecule has 2 rings (SSSR count). The molecule has 15 heavy (non-hydrogen) atoms. The Morgan fingerprint density at radius 1 is 1.40 bits per heavy atom. The third-order valence-electron chi connectivity index (χ3n) is 2.73. The largest absolute Gasteiger partial charge is 0.508 e. The maximum Gasteiger partial charge on any atom is 0.121 e. The third-order valence-corrected chi connectivity index (χ3v) is 2.73. The van der Waals surface area contributed by atoms with Gasteiger partial charge in [0, 0.05) is 11.6 Å². The highest BCUT2D eigenvalue weighted by atomic mass is 16.5. The van der Waals surface area contributed by atoms with Crippen molar-refractivity contribution in [1.82, 2.24) is 5.32 Å². The highest BCUT2D eigenvalue weighted by molar-refractivity contribution is 5.30. The van der Waals surface area contributed by atoms with E-state index in [1.54, 1.807) is 6.07 Å². The summed E-state index contributed by atoms with van der Waals surface area (Å²) in [4.78, 5) is 0. The van der Waals surface area contributed by atoms with Gasteiger partial charge in [0.1, 0.15) is 5.75 Å². The maximum atomic E-state index is 9.51. The van der Waals surface area contributed by atoms with Gasteiger partial charge in [-0.25, -0.2) is 0 Å². The molecule has 0 amide bonds. The molecular formula is C12H17NO2. The van der Waals surface area contributed by atoms with Crippen LogP contribution in [0.4, 0.5) is 0 Å². The van der Waals surface area contributed by atoms with Crippen LogP contribution in [-0.4, -0.2) is 24.3 Å². The summed E-state index contributed by atoms with van der Waals surface area (Å²) in [7, 11) is 0. The first-order valence-corrected chi connectivity index (χ1v) is 5.44. The van der Waals surface area contributed by atoms with Gasteiger partial charge in [0.05, 0.1) is 13.2 Å². The Kier molecular flexibility index (Phi) is 3.59. The van der Waals surface area contributed by atoms with Gasteiger partial charge in [0.2, 0.25) is 0 Å². The van der Waals surface area contributed by atoms with Gasteiger partial charge in [-0.3, -0.25) is 0 Å². The van der Waals surface area contributed by atoms with Crippen LogP contribution in [0.5, 0.6) is 5.75 Å². The molecule has 0 saturated carbocycles. The fourth-order valence-corrected chi connectivity index (χ4v) is 1.84. The first kappa shape index (κ1) is 10.5. The van der Waals surface area contributed by atoms with Crippen molar-refractivity contribution in [2.45, 2.75) is 25.5 Å². The zero-order valence-corrected chi connectivity index (χ0v) is 8.78. The fourth-order valence-electron chi connectivity index (χ4n) is 1.84. The molecule has 1 aromatic rings. The summed E-state index contributed by atoms with van der Waals surface area (Å²) in [5.41, 5.74) is 0.857. The van der Waals surface area contributed by atoms with Gasteiger partial charge in [0.15, 0.2) is 0 Å². The Balaban J connectivity index is 1.75. The van der Waals surface area contributed by atoms with Gasteiger partial charge in [-0.2, -0.15) is 0 Å². The predicted octanol–water partition coefficient (Wildman–Crippen LogP) is 1.66. The quantitative estimate of drug-likeness (QED) is 0.789. The number of ether oxygens (including phenoxy) is 1. The van der Waals surface area contributed by atoms with Crippen molar-refractivity contribution < 1.29 is 9.84 Å². The van der Waals surface area contributed by atoms with Crippen LogP contribution < -0.4 is 5.32 Å². The Bertz CT molecular complexity index is 308. The van der Waals surface area contributed by atoms with Crippen LogP contribution in [0.1, 0.15) is 18.4 Å². The van der Waals surface area contributed by atoms with Gasteiger partial charge in [0.25, 0.3) is 0 Å². The number of rotatable bonds is 4. The summed E-state index contributed by atoms with van der Waals surface area (Å²) in [6, 6.07) is 7.80. The highest BCUT2D eigenvalue weighted by Gasteiger charge is 2.13. The molecule has 1 atom stereocenters. The molecule has 3 nitrogen and oxygen atoms in total. The number of nitrogens with one attached hydrogen (secondary N) is 1. The van der Waals surface area contributed by atoms with Crippen LogP contribution >= 0.6 is 0 Å². The number of phenolic OH excluding ortho intramolecular Hbond substituents is 1. The maximum absolute atomic E-state index is 9.51. The van der Waals surface area contributed by atoms with Crippen molar-refractivity contribution in [3.63, 3.8) is 0 Å². The van der Waals surface area contributed by atoms with E-state index in [2.05, 4.69) is 5.32 Å². The number of benzene rings is 1. The average Bonchev–Trinajstić information content (AvgIpc) is 2.74. The van der Waals surface area contributed by atoms with Gasteiger partial charge in [-0.15, -0.1) is 0 Å². The molecule has 1 aromatic carbocycles. The molecular weight excluding hydrogens is 190 g/mol. The minimum absolute atomic E-state index is 0.317. The Hall–Kier alpha value is -1.06. The van der Waals surface area contributed by atoms with E-state index in [0.717, 1.165) is 18.7 Å². The molecule has 1 saturated heterocycles. The Morgan fingerprint density at radius 2 is 2.27 bits per heavy atom. The molecule has 2 N–H and O–H groups in total. The van der Waals surface area contributed by atoms with E-state index in [1.165, 1.54) is 12.8 Å². The number of hydrogen-bond acceptors (Lipinski definition) is 3. The minimum atomic E-state index is 0.317. The van der Waals surface area contributed by atoms with E-state index in [9.17, 15) is 5.11 Å². The van der Waals surface area contributed by atoms with Crippen LogP contribution in [0, 0.1) is 0 Å². The summed E-state index contributed by atoms with van der Waals surface area (Å²) in [6.45, 7) is 2.32. The SMILES string of the molecule is Oc1ccccc1COCC1CCCN1. The van der Waals surface area contributed by atoms with Crippen molar-refractivity contribution in [2.24, 2.45) is 0 Å². The number of aromatic hydroxyl groups is 1. The smallest absolute Gasteiger partial charge is 0.121 e. The molecule has 1 aliphatic heterocycles. The van der Waals surface area contributed by atoms with Crippen LogP contribution in [0.15, 0.2) is 24.3 Å². The number of para-hydroxylation sites is 1. The minimum Gasteiger partial charge on any atom is -0.508 e. The summed E-state index contributed by atoms with van der Waals surface area (Å²) in [5.74, 6) is 0.317. The summed E-state index contributed by atoms with van der Waals surface area (Å²) in [5, 5.41) is 12.9. The van der Waals surface area contributed by atoms with Crippen molar-refractivity contribution in [2.75, 3.05) is 13.2 Å². The molecule has 0 bridgehead atoms. The van der Waals surface area contributed by atoms with E-state index >= 15 is 0 Å². The second-order valence-electron chi connectivity index (χ2n) is 3.94. The molecule has 0 radical (unpaired) electrons. The molecule has 1 unspecified atom stereocenters. The van der Waals surface area contributed by atoms with E-state index in [1.807, 2.05) is 18.2 Å². The Morgan fingerprint density at radius 3 is 3.00 bits per heavy atom. The molecule has 0 aliphatic carbocycles. The van der Waals surface area contributed by atoms with Crippen molar-refractivity contribution in [1.29, 1.82) is 0 Å². The van der Waals surface area contributed by atoms with E-state index < -0.39 is 0 Å². The van der Waals surface area contributed by atoms with E-state index in [-0.39, 0.29) is 0 Å². The fraction of sp³-hybridized carbons (Fsp3) is 0.500. The van der Waals surface area contributed by atoms with Crippen LogP contribution in [0.3, 0.4) is 0 Å². The summed E-state index contributed by atoms with van der Waals surface area (Å²) in [6.07, 6.45) is 2.44. The van der Waals surface area contributed by atoms with Gasteiger partial charge < -0.3 is 15.2 Å². The van der Waals surface area contributed by atoms with Crippen LogP contribution in [-0.2, 0) is 11.3 Å². The zero-order valence-electron chi connectivity index (χ0n) is 8.78. The molecule has 0 spiro atoms. The number of phenols is 1. The van der Waals surface area contributed by atoms with Gasteiger partial charge in [-0.05, 0) is 25.5 Å². The van der Waals surface area contributed by atoms with E-state index in [0.29, 0.717) is 18.4 Å². The first-order valence-electron chi connectivity index (χ1n) is 5.44. The molecule has 0 aromatic heterocycles. The average molecular weight is 207 g/mol. The lowest BCUT2D eigenvalue weighted by molar-refractivity contribution is 0.102. The standard InChI is InChI=1S/C12H17NO2/c14-12-6-2-1-4-10(12)8-15-9-11-5-3-7-13-11/h1-2,4,6,11,13-14H,3,5,7-9H2. The zero-order chi connectivity index (χ0) is 10.5. The first-order chi connectivity index (χ1) is 7.36. The Labute approximate surface area is 90.1 Å². The lowest BCUT2D eigenvalue weighted by Crippen LogP contribution is -2.26. The molecule has 1 fully saturated rings. The summed E-state index contributed by atoms with van der Waals surface area (Å²) >= 11 is 0. The molecule has 1 aliphatic rings. The number of hydrogen-bond donors (Lipinski definition) is 2. The molecule has 82 valence electrons. The lowest BCUT2D eigenvalue weighted by Gasteiger charge is -2.11. The third kappa shape index (κ3) is 2.94. The lowest BCUT2D eigenvalue weighted by atomic mass is 10.2. The van der Waals surface area contributed by atoms with Crippen molar-refractivity contribution in [3.8, 4) is 5.75 Å². The normalized spacial score (nSPS) is 20.7. The molecule has 3 heteroatoms. The highest BCUT2D eigenvalue weighted by Crippen LogP contribution is 2.16. The topological polar surface area (TPSA) is 41.5 Å².